The number of primary amides is 1. The first-order valence-corrected chi connectivity index (χ1v) is 16.4. The average Bonchev–Trinajstić information content (AvgIpc) is 3.54. The maximum absolute atomic E-state index is 15.4. The fourth-order valence-corrected chi connectivity index (χ4v) is 7.00. The molecule has 2 aliphatic rings. The summed E-state index contributed by atoms with van der Waals surface area (Å²) in [5.74, 6) is -1.16. The summed E-state index contributed by atoms with van der Waals surface area (Å²) in [6.45, 7) is 4.64. The van der Waals surface area contributed by atoms with Crippen molar-refractivity contribution in [1.29, 1.82) is 0 Å². The Labute approximate surface area is 284 Å². The van der Waals surface area contributed by atoms with Gasteiger partial charge in [-0.15, -0.1) is 0 Å². The zero-order valence-electron chi connectivity index (χ0n) is 27.2. The zero-order valence-corrected chi connectivity index (χ0v) is 27.2. The second-order valence-electron chi connectivity index (χ2n) is 12.4. The Kier molecular flexibility index (Phi) is 8.79. The standard InChI is InChI=1S/C39H37FN6O3/c1-27(36(41)47)35-26-46(38(48)49-35)32-17-18-33(34(40)23-32)28-24-42-37(43-25-28)44-19-21-45(22-20-44)39(29-11-5-2-6-12-29,30-13-7-3-8-14-30)31-15-9-4-10-16-31/h2-18,23-25,27,35H,19-22,26H2,1H3,(H2,41,47). The Bertz CT molecular complexity index is 1820. The molecule has 4 aromatic carbocycles. The maximum Gasteiger partial charge on any atom is 0.414 e. The minimum atomic E-state index is -0.693. The van der Waals surface area contributed by atoms with Crippen LogP contribution in [0.15, 0.2) is 122 Å². The average molecular weight is 657 g/mol. The summed E-state index contributed by atoms with van der Waals surface area (Å²) < 4.78 is 20.7. The van der Waals surface area contributed by atoms with Gasteiger partial charge in [0.15, 0.2) is 0 Å². The van der Waals surface area contributed by atoms with E-state index in [1.807, 2.05) is 0 Å². The number of rotatable bonds is 9. The number of nitrogens with two attached hydrogens (primary N) is 1. The van der Waals surface area contributed by atoms with Crippen LogP contribution in [0.5, 0.6) is 0 Å². The highest BCUT2D eigenvalue weighted by Gasteiger charge is 2.43. The van der Waals surface area contributed by atoms with E-state index in [0.29, 0.717) is 35.9 Å². The van der Waals surface area contributed by atoms with E-state index >= 15 is 4.39 Å². The van der Waals surface area contributed by atoms with Crippen molar-refractivity contribution in [3.63, 3.8) is 0 Å². The molecule has 49 heavy (non-hydrogen) atoms. The molecule has 2 unspecified atom stereocenters. The fourth-order valence-electron chi connectivity index (χ4n) is 7.00. The van der Waals surface area contributed by atoms with Gasteiger partial charge in [-0.25, -0.2) is 19.2 Å². The Balaban J connectivity index is 1.09. The van der Waals surface area contributed by atoms with Crippen molar-refractivity contribution in [2.45, 2.75) is 18.6 Å². The second-order valence-corrected chi connectivity index (χ2v) is 12.4. The van der Waals surface area contributed by atoms with Crippen molar-refractivity contribution in [3.05, 3.63) is 144 Å². The van der Waals surface area contributed by atoms with Crippen molar-refractivity contribution in [1.82, 2.24) is 14.9 Å². The van der Waals surface area contributed by atoms with Crippen LogP contribution in [-0.4, -0.2) is 65.7 Å². The summed E-state index contributed by atoms with van der Waals surface area (Å²) in [6.07, 6.45) is 1.92. The van der Waals surface area contributed by atoms with Crippen LogP contribution in [0.4, 0.5) is 20.8 Å². The van der Waals surface area contributed by atoms with Gasteiger partial charge in [-0.05, 0) is 41.8 Å². The Hall–Kier alpha value is -5.61. The topological polar surface area (TPSA) is 105 Å². The van der Waals surface area contributed by atoms with Gasteiger partial charge in [0.1, 0.15) is 11.9 Å². The summed E-state index contributed by atoms with van der Waals surface area (Å²) in [5.41, 5.74) is 9.67. The molecular formula is C39H37FN6O3. The van der Waals surface area contributed by atoms with Gasteiger partial charge in [-0.3, -0.25) is 14.6 Å². The van der Waals surface area contributed by atoms with E-state index in [0.717, 1.165) is 13.1 Å². The molecule has 0 saturated carbocycles. The zero-order chi connectivity index (χ0) is 34.0. The molecule has 0 bridgehead atoms. The quantitative estimate of drug-likeness (QED) is 0.199. The van der Waals surface area contributed by atoms with Crippen LogP contribution in [0, 0.1) is 11.7 Å². The Morgan fingerprint density at radius 3 is 1.86 bits per heavy atom. The maximum atomic E-state index is 15.4. The molecule has 10 heteroatoms. The van der Waals surface area contributed by atoms with Gasteiger partial charge in [0.25, 0.3) is 0 Å². The molecule has 2 saturated heterocycles. The van der Waals surface area contributed by atoms with Crippen LogP contribution < -0.4 is 15.5 Å². The molecule has 0 radical (unpaired) electrons. The highest BCUT2D eigenvalue weighted by Crippen LogP contribution is 2.43. The molecule has 0 spiro atoms. The molecule has 248 valence electrons. The van der Waals surface area contributed by atoms with Crippen LogP contribution in [0.2, 0.25) is 0 Å². The van der Waals surface area contributed by atoms with E-state index in [2.05, 4.69) is 111 Å². The third-order valence-electron chi connectivity index (χ3n) is 9.67. The highest BCUT2D eigenvalue weighted by molar-refractivity contribution is 5.91. The number of benzene rings is 4. The van der Waals surface area contributed by atoms with Gasteiger partial charge in [-0.2, -0.15) is 0 Å². The lowest BCUT2D eigenvalue weighted by Gasteiger charge is -2.49. The number of anilines is 2. The summed E-state index contributed by atoms with van der Waals surface area (Å²) in [5, 5.41) is 0. The minimum Gasteiger partial charge on any atom is -0.443 e. The van der Waals surface area contributed by atoms with Gasteiger partial charge >= 0.3 is 6.09 Å². The smallest absolute Gasteiger partial charge is 0.414 e. The van der Waals surface area contributed by atoms with Crippen molar-refractivity contribution >= 4 is 23.6 Å². The fraction of sp³-hybridized carbons (Fsp3) is 0.231. The predicted molar refractivity (Wildman–Crippen MR) is 186 cm³/mol. The highest BCUT2D eigenvalue weighted by atomic mass is 19.1. The number of carbonyl (C=O) groups excluding carboxylic acids is 2. The summed E-state index contributed by atoms with van der Waals surface area (Å²) >= 11 is 0. The normalized spacial score (nSPS) is 17.5. The molecule has 3 heterocycles. The number of cyclic esters (lactones) is 1. The van der Waals surface area contributed by atoms with Crippen molar-refractivity contribution in [3.8, 4) is 11.1 Å². The molecule has 2 amide bonds. The first-order chi connectivity index (χ1) is 23.9. The molecule has 2 N–H and O–H groups in total. The van der Waals surface area contributed by atoms with E-state index in [4.69, 9.17) is 10.5 Å². The monoisotopic (exact) mass is 656 g/mol. The lowest BCUT2D eigenvalue weighted by atomic mass is 9.75. The summed E-state index contributed by atoms with van der Waals surface area (Å²) in [7, 11) is 0. The van der Waals surface area contributed by atoms with Crippen molar-refractivity contribution < 1.29 is 18.7 Å². The predicted octanol–water partition coefficient (Wildman–Crippen LogP) is 5.84. The Morgan fingerprint density at radius 1 is 0.837 bits per heavy atom. The molecule has 2 atom stereocenters. The number of carbonyl (C=O) groups is 2. The molecule has 2 aliphatic heterocycles. The third kappa shape index (κ3) is 6.00. The lowest BCUT2D eigenvalue weighted by molar-refractivity contribution is -0.123. The number of ether oxygens (including phenoxy) is 1. The molecule has 1 aromatic heterocycles. The molecule has 5 aromatic rings. The van der Waals surface area contributed by atoms with E-state index in [1.165, 1.54) is 27.7 Å². The second kappa shape index (κ2) is 13.5. The lowest BCUT2D eigenvalue weighted by Crippen LogP contribution is -2.57. The van der Waals surface area contributed by atoms with Gasteiger partial charge in [0.2, 0.25) is 11.9 Å². The first kappa shape index (κ1) is 32.0. The molecule has 7 rings (SSSR count). The number of amides is 2. The molecule has 0 aliphatic carbocycles. The number of hydrogen-bond donors (Lipinski definition) is 1. The molecular weight excluding hydrogens is 619 g/mol. The van der Waals surface area contributed by atoms with E-state index < -0.39 is 35.4 Å². The largest absolute Gasteiger partial charge is 0.443 e. The summed E-state index contributed by atoms with van der Waals surface area (Å²) in [4.78, 5) is 39.3. The van der Waals surface area contributed by atoms with Crippen LogP contribution >= 0.6 is 0 Å². The van der Waals surface area contributed by atoms with E-state index in [1.54, 1.807) is 31.5 Å². The third-order valence-corrected chi connectivity index (χ3v) is 9.67. The number of hydrogen-bond acceptors (Lipinski definition) is 7. The van der Waals surface area contributed by atoms with Gasteiger partial charge in [-0.1, -0.05) is 91.0 Å². The number of halogens is 1. The number of nitrogens with zero attached hydrogens (tertiary/aromatic N) is 5. The van der Waals surface area contributed by atoms with Crippen LogP contribution in [-0.2, 0) is 15.1 Å². The van der Waals surface area contributed by atoms with Gasteiger partial charge in [0, 0.05) is 49.7 Å². The van der Waals surface area contributed by atoms with Gasteiger partial charge in [0.05, 0.1) is 23.7 Å². The SMILES string of the molecule is CC(C(N)=O)C1CN(c2ccc(-c3cnc(N4CCN(C(c5ccccc5)(c5ccccc5)c5ccccc5)CC4)nc3)c(F)c2)C(=O)O1. The summed E-state index contributed by atoms with van der Waals surface area (Å²) in [6, 6.07) is 36.5. The van der Waals surface area contributed by atoms with Crippen LogP contribution in [0.3, 0.4) is 0 Å². The Morgan fingerprint density at radius 2 is 1.37 bits per heavy atom. The first-order valence-electron chi connectivity index (χ1n) is 16.4. The van der Waals surface area contributed by atoms with E-state index in [9.17, 15) is 9.59 Å². The van der Waals surface area contributed by atoms with Crippen molar-refractivity contribution in [2.75, 3.05) is 42.5 Å². The number of piperazine rings is 1. The van der Waals surface area contributed by atoms with Crippen LogP contribution in [0.25, 0.3) is 11.1 Å². The van der Waals surface area contributed by atoms with E-state index in [-0.39, 0.29) is 6.54 Å². The van der Waals surface area contributed by atoms with Crippen LogP contribution in [0.1, 0.15) is 23.6 Å². The number of aromatic nitrogens is 2. The van der Waals surface area contributed by atoms with Crippen molar-refractivity contribution in [2.24, 2.45) is 11.7 Å². The van der Waals surface area contributed by atoms with Gasteiger partial charge < -0.3 is 15.4 Å². The molecule has 9 nitrogen and oxygen atoms in total. The molecule has 2 fully saturated rings. The minimum absolute atomic E-state index is 0.107.